The van der Waals surface area contributed by atoms with E-state index in [1.165, 1.54) is 71.3 Å². The van der Waals surface area contributed by atoms with Crippen LogP contribution in [0.4, 0.5) is 0 Å². The summed E-state index contributed by atoms with van der Waals surface area (Å²) in [4.78, 5) is 4.41. The van der Waals surface area contributed by atoms with Crippen molar-refractivity contribution in [2.24, 2.45) is 0 Å². The maximum absolute atomic E-state index is 4.41. The van der Waals surface area contributed by atoms with Crippen LogP contribution in [0.15, 0.2) is 115 Å². The molecule has 182 valence electrons. The third-order valence-corrected chi connectivity index (χ3v) is 8.00. The van der Waals surface area contributed by atoms with Crippen molar-refractivity contribution in [3.05, 3.63) is 138 Å². The second-order valence-corrected chi connectivity index (χ2v) is 10.4. The van der Waals surface area contributed by atoms with Crippen molar-refractivity contribution in [3.8, 4) is 11.1 Å². The van der Waals surface area contributed by atoms with Crippen LogP contribution in [-0.2, 0) is 0 Å². The van der Waals surface area contributed by atoms with E-state index in [1.54, 1.807) is 0 Å². The molecule has 0 spiro atoms. The Labute approximate surface area is 223 Å². The van der Waals surface area contributed by atoms with Crippen molar-refractivity contribution in [2.75, 3.05) is 0 Å². The van der Waals surface area contributed by atoms with Crippen LogP contribution in [0.1, 0.15) is 35.2 Å². The van der Waals surface area contributed by atoms with E-state index in [2.05, 4.69) is 128 Å². The molecule has 0 aliphatic heterocycles. The van der Waals surface area contributed by atoms with Gasteiger partial charge in [0.1, 0.15) is 0 Å². The van der Waals surface area contributed by atoms with Crippen molar-refractivity contribution in [3.63, 3.8) is 0 Å². The molecule has 6 aromatic rings. The zero-order valence-electron chi connectivity index (χ0n) is 21.8. The minimum atomic E-state index is 1.04. The molecule has 0 bridgehead atoms. The summed E-state index contributed by atoms with van der Waals surface area (Å²) in [5.74, 6) is 0. The van der Waals surface area contributed by atoms with Crippen LogP contribution in [0, 0.1) is 13.8 Å². The van der Waals surface area contributed by atoms with Crippen molar-refractivity contribution < 1.29 is 0 Å². The van der Waals surface area contributed by atoms with Crippen LogP contribution in [0.25, 0.3) is 54.6 Å². The lowest BCUT2D eigenvalue weighted by Gasteiger charge is -2.22. The van der Waals surface area contributed by atoms with Crippen molar-refractivity contribution in [2.45, 2.75) is 26.7 Å². The summed E-state index contributed by atoms with van der Waals surface area (Å²) < 4.78 is 0. The van der Waals surface area contributed by atoms with Crippen LogP contribution in [-0.4, -0.2) is 4.98 Å². The predicted octanol–water partition coefficient (Wildman–Crippen LogP) is 10.1. The highest BCUT2D eigenvalue weighted by Gasteiger charge is 2.20. The van der Waals surface area contributed by atoms with Gasteiger partial charge < -0.3 is 0 Å². The van der Waals surface area contributed by atoms with Gasteiger partial charge in [0, 0.05) is 11.9 Å². The second-order valence-electron chi connectivity index (χ2n) is 10.4. The zero-order chi connectivity index (χ0) is 25.6. The lowest BCUT2D eigenvalue weighted by Crippen LogP contribution is -1.98. The summed E-state index contributed by atoms with van der Waals surface area (Å²) >= 11 is 0. The van der Waals surface area contributed by atoms with Crippen LogP contribution in [0.2, 0.25) is 0 Å². The first kappa shape index (κ1) is 22.7. The van der Waals surface area contributed by atoms with E-state index in [1.807, 2.05) is 6.20 Å². The topological polar surface area (TPSA) is 12.9 Å². The molecule has 1 heteroatoms. The van der Waals surface area contributed by atoms with Crippen LogP contribution < -0.4 is 0 Å². The fourth-order valence-corrected chi connectivity index (χ4v) is 6.28. The van der Waals surface area contributed by atoms with E-state index in [0.29, 0.717) is 0 Å². The standard InChI is InChI=1S/C37H29N/c1-24-10-7-18-30-29(24)17-9-19-31(30)37-34-15-5-3-13-32(34)36(33-14-4-6-16-35(33)37)28-12-8-11-26(23-28)27-20-21-38-25(2)22-27/h3-7,9-11,13-23H,8,12H2,1-2H3. The van der Waals surface area contributed by atoms with E-state index in [0.717, 1.165) is 18.5 Å². The monoisotopic (exact) mass is 487 g/mol. The Kier molecular flexibility index (Phi) is 5.44. The molecule has 0 radical (unpaired) electrons. The molecule has 0 unspecified atom stereocenters. The third-order valence-electron chi connectivity index (χ3n) is 8.00. The summed E-state index contributed by atoms with van der Waals surface area (Å²) in [6, 6.07) is 35.7. The quantitative estimate of drug-likeness (QED) is 0.226. The fourth-order valence-electron chi connectivity index (χ4n) is 6.28. The Morgan fingerprint density at radius 1 is 0.605 bits per heavy atom. The maximum atomic E-state index is 4.41. The summed E-state index contributed by atoms with van der Waals surface area (Å²) in [7, 11) is 0. The SMILES string of the molecule is Cc1cc(C2=CCCC(c3c4ccccc4c(-c4cccc5c(C)cccc45)c4ccccc34)=C2)ccn1. The highest BCUT2D eigenvalue weighted by atomic mass is 14.6. The summed E-state index contributed by atoms with van der Waals surface area (Å²) in [6.07, 6.45) is 8.77. The van der Waals surface area contributed by atoms with Gasteiger partial charge in [-0.15, -0.1) is 0 Å². The van der Waals surface area contributed by atoms with Gasteiger partial charge in [-0.1, -0.05) is 97.1 Å². The Balaban J connectivity index is 1.55. The maximum Gasteiger partial charge on any atom is 0.0378 e. The molecule has 0 atom stereocenters. The molecular formula is C37H29N. The fraction of sp³-hybridized carbons (Fsp3) is 0.108. The van der Waals surface area contributed by atoms with Gasteiger partial charge in [0.2, 0.25) is 0 Å². The molecule has 1 nitrogen and oxygen atoms in total. The van der Waals surface area contributed by atoms with E-state index in [9.17, 15) is 0 Å². The number of aromatic nitrogens is 1. The highest BCUT2D eigenvalue weighted by molar-refractivity contribution is 6.21. The van der Waals surface area contributed by atoms with Crippen molar-refractivity contribution in [1.29, 1.82) is 0 Å². The summed E-state index contributed by atoms with van der Waals surface area (Å²) in [6.45, 7) is 4.27. The van der Waals surface area contributed by atoms with Gasteiger partial charge in [-0.25, -0.2) is 0 Å². The Morgan fingerprint density at radius 3 is 1.95 bits per heavy atom. The molecule has 1 aliphatic rings. The van der Waals surface area contributed by atoms with Crippen molar-refractivity contribution >= 4 is 43.5 Å². The molecule has 7 rings (SSSR count). The lowest BCUT2D eigenvalue weighted by atomic mass is 9.82. The highest BCUT2D eigenvalue weighted by Crippen LogP contribution is 2.45. The minimum Gasteiger partial charge on any atom is -0.262 e. The van der Waals surface area contributed by atoms with E-state index >= 15 is 0 Å². The van der Waals surface area contributed by atoms with Crippen LogP contribution in [0.5, 0.6) is 0 Å². The average molecular weight is 488 g/mol. The van der Waals surface area contributed by atoms with Crippen molar-refractivity contribution in [1.82, 2.24) is 4.98 Å². The van der Waals surface area contributed by atoms with Gasteiger partial charge in [-0.3, -0.25) is 4.98 Å². The molecule has 0 saturated heterocycles. The van der Waals surface area contributed by atoms with Gasteiger partial charge in [-0.2, -0.15) is 0 Å². The molecule has 1 aromatic heterocycles. The Morgan fingerprint density at radius 2 is 1.24 bits per heavy atom. The molecule has 0 fully saturated rings. The Bertz CT molecular complexity index is 1880. The van der Waals surface area contributed by atoms with Crippen LogP contribution in [0.3, 0.4) is 0 Å². The number of hydrogen-bond acceptors (Lipinski definition) is 1. The van der Waals surface area contributed by atoms with E-state index < -0.39 is 0 Å². The Hall–Kier alpha value is -4.49. The minimum absolute atomic E-state index is 1.04. The van der Waals surface area contributed by atoms with E-state index in [4.69, 9.17) is 0 Å². The molecule has 0 N–H and O–H groups in total. The lowest BCUT2D eigenvalue weighted by molar-refractivity contribution is 1.06. The first-order chi connectivity index (χ1) is 18.7. The second kappa shape index (κ2) is 9.11. The molecule has 0 saturated carbocycles. The molecule has 38 heavy (non-hydrogen) atoms. The average Bonchev–Trinajstić information content (AvgIpc) is 2.96. The summed E-state index contributed by atoms with van der Waals surface area (Å²) in [5.41, 5.74) is 10.3. The van der Waals surface area contributed by atoms with E-state index in [-0.39, 0.29) is 0 Å². The number of aryl methyl sites for hydroxylation is 2. The first-order valence-electron chi connectivity index (χ1n) is 13.5. The molecule has 0 amide bonds. The van der Waals surface area contributed by atoms with Crippen LogP contribution >= 0.6 is 0 Å². The number of fused-ring (bicyclic) bond motifs is 3. The first-order valence-corrected chi connectivity index (χ1v) is 13.5. The van der Waals surface area contributed by atoms with Gasteiger partial charge in [0.15, 0.2) is 0 Å². The molecule has 1 heterocycles. The van der Waals surface area contributed by atoms with Gasteiger partial charge in [0.05, 0.1) is 0 Å². The predicted molar refractivity (Wildman–Crippen MR) is 163 cm³/mol. The van der Waals surface area contributed by atoms with Gasteiger partial charge in [0.25, 0.3) is 0 Å². The molecule has 1 aliphatic carbocycles. The number of benzene rings is 5. The number of nitrogens with zero attached hydrogens (tertiary/aromatic N) is 1. The smallest absolute Gasteiger partial charge is 0.0378 e. The van der Waals surface area contributed by atoms with Gasteiger partial charge >= 0.3 is 0 Å². The van der Waals surface area contributed by atoms with Gasteiger partial charge in [-0.05, 0) is 110 Å². The third kappa shape index (κ3) is 3.66. The number of pyridine rings is 1. The number of rotatable bonds is 3. The zero-order valence-corrected chi connectivity index (χ0v) is 21.8. The normalized spacial score (nSPS) is 13.6. The number of hydrogen-bond donors (Lipinski definition) is 0. The largest absolute Gasteiger partial charge is 0.262 e. The number of allylic oxidation sites excluding steroid dienone is 4. The summed E-state index contributed by atoms with van der Waals surface area (Å²) in [5, 5.41) is 7.90. The molecular weight excluding hydrogens is 458 g/mol. The molecule has 5 aromatic carbocycles.